The summed E-state index contributed by atoms with van der Waals surface area (Å²) in [5.41, 5.74) is 1.69. The molecule has 3 aromatic rings. The van der Waals surface area contributed by atoms with E-state index in [0.29, 0.717) is 5.39 Å². The number of fused-ring (bicyclic) bond motifs is 1. The Morgan fingerprint density at radius 2 is 1.83 bits per heavy atom. The van der Waals surface area contributed by atoms with Crippen molar-refractivity contribution >= 4 is 16.6 Å². The van der Waals surface area contributed by atoms with Crippen LogP contribution < -0.4 is 0 Å². The molecule has 0 spiro atoms. The third kappa shape index (κ3) is 1.53. The summed E-state index contributed by atoms with van der Waals surface area (Å²) in [6, 6.07) is 14.5. The zero-order valence-electron chi connectivity index (χ0n) is 9.35. The SMILES string of the molecule is O=[N+]([O-])c1cccc2c1cnn2-c1ccccc1. The Morgan fingerprint density at radius 3 is 2.56 bits per heavy atom. The quantitative estimate of drug-likeness (QED) is 0.510. The van der Waals surface area contributed by atoms with Gasteiger partial charge in [-0.25, -0.2) is 4.68 Å². The van der Waals surface area contributed by atoms with Crippen molar-refractivity contribution in [2.24, 2.45) is 0 Å². The molecule has 0 saturated heterocycles. The molecule has 0 atom stereocenters. The van der Waals surface area contributed by atoms with Gasteiger partial charge in [0.25, 0.3) is 5.69 Å². The molecule has 0 aliphatic heterocycles. The van der Waals surface area contributed by atoms with E-state index in [9.17, 15) is 10.1 Å². The number of hydrogen-bond donors (Lipinski definition) is 0. The molecule has 5 nitrogen and oxygen atoms in total. The molecule has 0 unspecified atom stereocenters. The van der Waals surface area contributed by atoms with Gasteiger partial charge in [0.1, 0.15) is 0 Å². The molecular weight excluding hydrogens is 230 g/mol. The maximum atomic E-state index is 10.9. The maximum absolute atomic E-state index is 10.9. The van der Waals surface area contributed by atoms with E-state index in [1.807, 2.05) is 36.4 Å². The number of para-hydroxylation sites is 1. The standard InChI is InChI=1S/C13H9N3O2/c17-16(18)13-8-4-7-12-11(13)9-14-15(12)10-5-2-1-3-6-10/h1-9H. The van der Waals surface area contributed by atoms with E-state index in [4.69, 9.17) is 0 Å². The number of aromatic nitrogens is 2. The predicted octanol–water partition coefficient (Wildman–Crippen LogP) is 2.93. The van der Waals surface area contributed by atoms with E-state index >= 15 is 0 Å². The topological polar surface area (TPSA) is 61.0 Å². The van der Waals surface area contributed by atoms with Crippen LogP contribution in [-0.4, -0.2) is 14.7 Å². The van der Waals surface area contributed by atoms with Crippen LogP contribution in [0.15, 0.2) is 54.7 Å². The highest BCUT2D eigenvalue weighted by Gasteiger charge is 2.15. The molecule has 0 amide bonds. The van der Waals surface area contributed by atoms with Crippen LogP contribution in [0, 0.1) is 10.1 Å². The fraction of sp³-hybridized carbons (Fsp3) is 0. The molecule has 88 valence electrons. The molecule has 0 saturated carbocycles. The van der Waals surface area contributed by atoms with E-state index in [1.165, 1.54) is 12.3 Å². The van der Waals surface area contributed by atoms with Gasteiger partial charge in [0.05, 0.1) is 27.7 Å². The lowest BCUT2D eigenvalue weighted by Crippen LogP contribution is -1.95. The number of benzene rings is 2. The summed E-state index contributed by atoms with van der Waals surface area (Å²) in [5, 5.41) is 15.7. The van der Waals surface area contributed by atoms with Crippen LogP contribution >= 0.6 is 0 Å². The first-order chi connectivity index (χ1) is 8.77. The van der Waals surface area contributed by atoms with Crippen LogP contribution in [0.1, 0.15) is 0 Å². The normalized spacial score (nSPS) is 10.7. The molecular formula is C13H9N3O2. The summed E-state index contributed by atoms with van der Waals surface area (Å²) in [7, 11) is 0. The number of rotatable bonds is 2. The summed E-state index contributed by atoms with van der Waals surface area (Å²) >= 11 is 0. The smallest absolute Gasteiger partial charge is 0.258 e. The molecule has 0 fully saturated rings. The van der Waals surface area contributed by atoms with Crippen molar-refractivity contribution in [3.05, 3.63) is 64.8 Å². The molecule has 2 aromatic carbocycles. The van der Waals surface area contributed by atoms with Crippen molar-refractivity contribution in [1.82, 2.24) is 9.78 Å². The maximum Gasteiger partial charge on any atom is 0.280 e. The molecule has 5 heteroatoms. The van der Waals surface area contributed by atoms with Gasteiger partial charge in [-0.2, -0.15) is 5.10 Å². The Labute approximate surface area is 102 Å². The highest BCUT2D eigenvalue weighted by molar-refractivity contribution is 5.88. The number of nitrogens with zero attached hydrogens (tertiary/aromatic N) is 3. The van der Waals surface area contributed by atoms with Crippen LogP contribution in [0.3, 0.4) is 0 Å². The molecule has 0 radical (unpaired) electrons. The van der Waals surface area contributed by atoms with Crippen molar-refractivity contribution in [1.29, 1.82) is 0 Å². The van der Waals surface area contributed by atoms with Gasteiger partial charge >= 0.3 is 0 Å². The minimum atomic E-state index is -0.390. The van der Waals surface area contributed by atoms with Crippen molar-refractivity contribution in [3.63, 3.8) is 0 Å². The fourth-order valence-corrected chi connectivity index (χ4v) is 1.97. The van der Waals surface area contributed by atoms with Crippen molar-refractivity contribution in [2.45, 2.75) is 0 Å². The minimum absolute atomic E-state index is 0.0784. The highest BCUT2D eigenvalue weighted by Crippen LogP contribution is 2.26. The van der Waals surface area contributed by atoms with E-state index in [2.05, 4.69) is 5.10 Å². The second-order valence-corrected chi connectivity index (χ2v) is 3.86. The van der Waals surface area contributed by atoms with E-state index in [0.717, 1.165) is 11.2 Å². The predicted molar refractivity (Wildman–Crippen MR) is 67.7 cm³/mol. The van der Waals surface area contributed by atoms with Gasteiger partial charge in [0.2, 0.25) is 0 Å². The lowest BCUT2D eigenvalue weighted by Gasteiger charge is -2.02. The molecule has 1 aromatic heterocycles. The Hall–Kier alpha value is -2.69. The lowest BCUT2D eigenvalue weighted by atomic mass is 10.2. The lowest BCUT2D eigenvalue weighted by molar-refractivity contribution is -0.383. The van der Waals surface area contributed by atoms with Crippen molar-refractivity contribution < 1.29 is 4.92 Å². The third-order valence-electron chi connectivity index (χ3n) is 2.79. The largest absolute Gasteiger partial charge is 0.280 e. The van der Waals surface area contributed by atoms with E-state index in [1.54, 1.807) is 10.7 Å². The zero-order valence-corrected chi connectivity index (χ0v) is 9.35. The van der Waals surface area contributed by atoms with E-state index in [-0.39, 0.29) is 10.6 Å². The molecule has 0 aliphatic carbocycles. The Bertz CT molecular complexity index is 719. The van der Waals surface area contributed by atoms with Gasteiger partial charge in [-0.05, 0) is 18.2 Å². The first-order valence-corrected chi connectivity index (χ1v) is 5.44. The molecule has 0 N–H and O–H groups in total. The summed E-state index contributed by atoms with van der Waals surface area (Å²) in [6.45, 7) is 0. The average Bonchev–Trinajstić information content (AvgIpc) is 2.83. The fourth-order valence-electron chi connectivity index (χ4n) is 1.97. The van der Waals surface area contributed by atoms with Crippen LogP contribution in [0.25, 0.3) is 16.6 Å². The molecule has 3 rings (SSSR count). The van der Waals surface area contributed by atoms with Gasteiger partial charge in [-0.1, -0.05) is 24.3 Å². The first-order valence-electron chi connectivity index (χ1n) is 5.44. The van der Waals surface area contributed by atoms with Crippen LogP contribution in [0.5, 0.6) is 0 Å². The van der Waals surface area contributed by atoms with E-state index < -0.39 is 0 Å². The first kappa shape index (κ1) is 10.5. The van der Waals surface area contributed by atoms with Crippen LogP contribution in [0.4, 0.5) is 5.69 Å². The number of nitro benzene ring substituents is 1. The second kappa shape index (κ2) is 3.96. The van der Waals surface area contributed by atoms with Crippen molar-refractivity contribution in [3.8, 4) is 5.69 Å². The van der Waals surface area contributed by atoms with Gasteiger partial charge in [0.15, 0.2) is 0 Å². The molecule has 1 heterocycles. The molecule has 18 heavy (non-hydrogen) atoms. The summed E-state index contributed by atoms with van der Waals surface area (Å²) in [5.74, 6) is 0. The second-order valence-electron chi connectivity index (χ2n) is 3.86. The van der Waals surface area contributed by atoms with Gasteiger partial charge in [-0.3, -0.25) is 10.1 Å². The summed E-state index contributed by atoms with van der Waals surface area (Å²) in [4.78, 5) is 10.5. The summed E-state index contributed by atoms with van der Waals surface area (Å²) < 4.78 is 1.70. The Balaban J connectivity index is 2.28. The minimum Gasteiger partial charge on any atom is -0.258 e. The number of non-ortho nitro benzene ring substituents is 1. The average molecular weight is 239 g/mol. The number of nitro groups is 1. The number of hydrogen-bond acceptors (Lipinski definition) is 3. The van der Waals surface area contributed by atoms with Crippen LogP contribution in [-0.2, 0) is 0 Å². The van der Waals surface area contributed by atoms with Gasteiger partial charge in [-0.15, -0.1) is 0 Å². The zero-order chi connectivity index (χ0) is 12.5. The van der Waals surface area contributed by atoms with Gasteiger partial charge in [0, 0.05) is 6.07 Å². The third-order valence-corrected chi connectivity index (χ3v) is 2.79. The van der Waals surface area contributed by atoms with Gasteiger partial charge < -0.3 is 0 Å². The monoisotopic (exact) mass is 239 g/mol. The Kier molecular flexibility index (Phi) is 2.30. The Morgan fingerprint density at radius 1 is 1.06 bits per heavy atom. The van der Waals surface area contributed by atoms with Crippen LogP contribution in [0.2, 0.25) is 0 Å². The highest BCUT2D eigenvalue weighted by atomic mass is 16.6. The molecule has 0 bridgehead atoms. The van der Waals surface area contributed by atoms with Crippen molar-refractivity contribution in [2.75, 3.05) is 0 Å². The summed E-state index contributed by atoms with van der Waals surface area (Å²) in [6.07, 6.45) is 1.53. The molecule has 0 aliphatic rings.